The molecule has 72 valence electrons. The van der Waals surface area contributed by atoms with Gasteiger partial charge in [0.1, 0.15) is 0 Å². The fourth-order valence-electron chi connectivity index (χ4n) is 1.03. The smallest absolute Gasteiger partial charge is 0.315 e. The molecule has 0 bridgehead atoms. The highest BCUT2D eigenvalue weighted by molar-refractivity contribution is 14.1. The predicted molar refractivity (Wildman–Crippen MR) is 62.0 cm³/mol. The van der Waals surface area contributed by atoms with Gasteiger partial charge in [-0.2, -0.15) is 0 Å². The normalized spacial score (nSPS) is 10.1. The van der Waals surface area contributed by atoms with Crippen molar-refractivity contribution in [1.29, 1.82) is 0 Å². The number of hydrogen-bond donors (Lipinski definition) is 1. The number of anilines is 1. The Morgan fingerprint density at radius 1 is 1.21 bits per heavy atom. The van der Waals surface area contributed by atoms with Crippen molar-refractivity contribution in [1.82, 2.24) is 10.2 Å². The molecule has 0 aliphatic rings. The summed E-state index contributed by atoms with van der Waals surface area (Å²) in [4.78, 5) is 0. The van der Waals surface area contributed by atoms with E-state index in [1.54, 1.807) is 7.05 Å². The van der Waals surface area contributed by atoms with Gasteiger partial charge >= 0.3 is 6.01 Å². The van der Waals surface area contributed by atoms with Crippen LogP contribution in [0.4, 0.5) is 6.01 Å². The van der Waals surface area contributed by atoms with Crippen LogP contribution in [0, 0.1) is 3.57 Å². The molecule has 0 aliphatic carbocycles. The van der Waals surface area contributed by atoms with E-state index in [0.717, 1.165) is 5.56 Å². The fourth-order valence-corrected chi connectivity index (χ4v) is 1.39. The molecule has 1 heterocycles. The lowest BCUT2D eigenvalue weighted by molar-refractivity contribution is 0.585. The number of aromatic nitrogens is 2. The summed E-state index contributed by atoms with van der Waals surface area (Å²) in [5.41, 5.74) is 0.930. The van der Waals surface area contributed by atoms with E-state index in [-0.39, 0.29) is 0 Å². The molecule has 0 atom stereocenters. The minimum Gasteiger partial charge on any atom is -0.403 e. The summed E-state index contributed by atoms with van der Waals surface area (Å²) >= 11 is 2.25. The molecule has 1 aromatic heterocycles. The second-order valence-electron chi connectivity index (χ2n) is 2.67. The first kappa shape index (κ1) is 9.45. The molecule has 5 heteroatoms. The molecule has 4 nitrogen and oxygen atoms in total. The molecule has 0 amide bonds. The zero-order valence-corrected chi connectivity index (χ0v) is 9.65. The molecule has 2 aromatic rings. The van der Waals surface area contributed by atoms with Gasteiger partial charge in [0.25, 0.3) is 0 Å². The predicted octanol–water partition coefficient (Wildman–Crippen LogP) is 2.38. The van der Waals surface area contributed by atoms with E-state index >= 15 is 0 Å². The number of rotatable bonds is 2. The standard InChI is InChI=1S/C9H8IN3O/c1-11-9-13-12-8(14-9)6-2-4-7(10)5-3-6/h2-5H,1H3,(H,11,13). The SMILES string of the molecule is CNc1nnc(-c2ccc(I)cc2)o1. The monoisotopic (exact) mass is 301 g/mol. The lowest BCUT2D eigenvalue weighted by Gasteiger charge is -1.94. The number of nitrogens with one attached hydrogen (secondary N) is 1. The average molecular weight is 301 g/mol. The van der Waals surface area contributed by atoms with Crippen LogP contribution in [0.15, 0.2) is 28.7 Å². The first-order valence-corrected chi connectivity index (χ1v) is 5.14. The van der Waals surface area contributed by atoms with Crippen molar-refractivity contribution in [3.63, 3.8) is 0 Å². The van der Waals surface area contributed by atoms with Crippen LogP contribution in [-0.2, 0) is 0 Å². The molecular weight excluding hydrogens is 293 g/mol. The molecule has 0 aliphatic heterocycles. The van der Waals surface area contributed by atoms with Gasteiger partial charge < -0.3 is 9.73 Å². The Hall–Kier alpha value is -1.11. The van der Waals surface area contributed by atoms with Crippen LogP contribution in [0.25, 0.3) is 11.5 Å². The summed E-state index contributed by atoms with van der Waals surface area (Å²) < 4.78 is 6.50. The Balaban J connectivity index is 2.34. The van der Waals surface area contributed by atoms with Gasteiger partial charge in [-0.15, -0.1) is 5.10 Å². The second kappa shape index (κ2) is 3.95. The van der Waals surface area contributed by atoms with Crippen LogP contribution in [0.5, 0.6) is 0 Å². The van der Waals surface area contributed by atoms with Crippen LogP contribution in [0.3, 0.4) is 0 Å². The quantitative estimate of drug-likeness (QED) is 0.865. The van der Waals surface area contributed by atoms with Gasteiger partial charge in [-0.25, -0.2) is 0 Å². The zero-order valence-electron chi connectivity index (χ0n) is 7.49. The number of hydrogen-bond acceptors (Lipinski definition) is 4. The van der Waals surface area contributed by atoms with Gasteiger partial charge in [0.2, 0.25) is 5.89 Å². The van der Waals surface area contributed by atoms with Crippen LogP contribution in [0.1, 0.15) is 0 Å². The van der Waals surface area contributed by atoms with E-state index in [1.165, 1.54) is 3.57 Å². The molecule has 0 unspecified atom stereocenters. The van der Waals surface area contributed by atoms with Crippen molar-refractivity contribution in [2.24, 2.45) is 0 Å². The van der Waals surface area contributed by atoms with Crippen molar-refractivity contribution in [2.75, 3.05) is 12.4 Å². The molecule has 1 aromatic carbocycles. The summed E-state index contributed by atoms with van der Waals surface area (Å²) in [6.07, 6.45) is 0. The summed E-state index contributed by atoms with van der Waals surface area (Å²) in [6, 6.07) is 8.33. The zero-order chi connectivity index (χ0) is 9.97. The summed E-state index contributed by atoms with van der Waals surface area (Å²) in [5.74, 6) is 0.533. The lowest BCUT2D eigenvalue weighted by atomic mass is 10.2. The Labute approximate surface area is 94.9 Å². The summed E-state index contributed by atoms with van der Waals surface area (Å²) in [5, 5.41) is 10.5. The van der Waals surface area contributed by atoms with Crippen LogP contribution in [-0.4, -0.2) is 17.2 Å². The molecule has 0 fully saturated rings. The average Bonchev–Trinajstić information content (AvgIpc) is 2.67. The van der Waals surface area contributed by atoms with E-state index < -0.39 is 0 Å². The molecule has 2 rings (SSSR count). The van der Waals surface area contributed by atoms with Crippen molar-refractivity contribution in [3.05, 3.63) is 27.8 Å². The van der Waals surface area contributed by atoms with E-state index in [4.69, 9.17) is 4.42 Å². The Kier molecular flexibility index (Phi) is 2.67. The summed E-state index contributed by atoms with van der Waals surface area (Å²) in [7, 11) is 1.74. The number of nitrogens with zero attached hydrogens (tertiary/aromatic N) is 2. The van der Waals surface area contributed by atoms with Crippen LogP contribution < -0.4 is 5.32 Å². The largest absolute Gasteiger partial charge is 0.403 e. The summed E-state index contributed by atoms with van der Waals surface area (Å²) in [6.45, 7) is 0. The van der Waals surface area contributed by atoms with Gasteiger partial charge in [0, 0.05) is 16.2 Å². The van der Waals surface area contributed by atoms with Crippen molar-refractivity contribution in [2.45, 2.75) is 0 Å². The van der Waals surface area contributed by atoms with Crippen molar-refractivity contribution < 1.29 is 4.42 Å². The molecular formula is C9H8IN3O. The van der Waals surface area contributed by atoms with Gasteiger partial charge in [-0.3, -0.25) is 0 Å². The fraction of sp³-hybridized carbons (Fsp3) is 0.111. The van der Waals surface area contributed by atoms with E-state index in [0.29, 0.717) is 11.9 Å². The van der Waals surface area contributed by atoms with Gasteiger partial charge in [-0.1, -0.05) is 5.10 Å². The third kappa shape index (κ3) is 1.87. The topological polar surface area (TPSA) is 51.0 Å². The molecule has 0 saturated carbocycles. The third-order valence-electron chi connectivity index (χ3n) is 1.73. The minimum atomic E-state index is 0.429. The number of halogens is 1. The minimum absolute atomic E-state index is 0.429. The first-order chi connectivity index (χ1) is 6.79. The third-order valence-corrected chi connectivity index (χ3v) is 2.45. The molecule has 14 heavy (non-hydrogen) atoms. The molecule has 0 saturated heterocycles. The number of benzene rings is 1. The Morgan fingerprint density at radius 2 is 1.93 bits per heavy atom. The highest BCUT2D eigenvalue weighted by atomic mass is 127. The van der Waals surface area contributed by atoms with Crippen LogP contribution in [0.2, 0.25) is 0 Å². The first-order valence-electron chi connectivity index (χ1n) is 4.07. The van der Waals surface area contributed by atoms with Gasteiger partial charge in [0.15, 0.2) is 0 Å². The van der Waals surface area contributed by atoms with Crippen LogP contribution >= 0.6 is 22.6 Å². The van der Waals surface area contributed by atoms with Crippen molar-refractivity contribution in [3.8, 4) is 11.5 Å². The van der Waals surface area contributed by atoms with E-state index in [1.807, 2.05) is 24.3 Å². The van der Waals surface area contributed by atoms with Gasteiger partial charge in [-0.05, 0) is 46.9 Å². The molecule has 0 spiro atoms. The maximum atomic E-state index is 5.32. The highest BCUT2D eigenvalue weighted by Gasteiger charge is 2.06. The molecule has 0 radical (unpaired) electrons. The second-order valence-corrected chi connectivity index (χ2v) is 3.91. The maximum Gasteiger partial charge on any atom is 0.315 e. The lowest BCUT2D eigenvalue weighted by Crippen LogP contribution is -1.85. The Bertz CT molecular complexity index is 424. The van der Waals surface area contributed by atoms with E-state index in [9.17, 15) is 0 Å². The van der Waals surface area contributed by atoms with E-state index in [2.05, 4.69) is 38.1 Å². The Morgan fingerprint density at radius 3 is 2.50 bits per heavy atom. The van der Waals surface area contributed by atoms with Gasteiger partial charge in [0.05, 0.1) is 0 Å². The maximum absolute atomic E-state index is 5.32. The molecule has 1 N–H and O–H groups in total. The van der Waals surface area contributed by atoms with Crippen molar-refractivity contribution >= 4 is 28.6 Å². The highest BCUT2D eigenvalue weighted by Crippen LogP contribution is 2.20.